The Bertz CT molecular complexity index is 343. The predicted molar refractivity (Wildman–Crippen MR) is 55.6 cm³/mol. The maximum atomic E-state index is 11.9. The molecule has 1 saturated carbocycles. The molecule has 0 N–H and O–H groups in total. The molecule has 0 aromatic heterocycles. The fraction of sp³-hybridized carbons (Fsp3) is 0.889. The van der Waals surface area contributed by atoms with Crippen LogP contribution in [0.4, 0.5) is 0 Å². The summed E-state index contributed by atoms with van der Waals surface area (Å²) in [6.07, 6.45) is 1.78. The summed E-state index contributed by atoms with van der Waals surface area (Å²) in [7, 11) is -1.93. The van der Waals surface area contributed by atoms with Crippen LogP contribution in [0.2, 0.25) is 0 Å². The molecule has 6 heteroatoms. The van der Waals surface area contributed by atoms with Crippen LogP contribution in [0.1, 0.15) is 19.8 Å². The van der Waals surface area contributed by atoms with Crippen LogP contribution in [0.3, 0.4) is 0 Å². The Hall–Kier alpha value is -0.640. The third-order valence-electron chi connectivity index (χ3n) is 2.43. The number of ether oxygens (including phenoxy) is 1. The van der Waals surface area contributed by atoms with Crippen LogP contribution in [-0.4, -0.2) is 44.3 Å². The first-order chi connectivity index (χ1) is 7.04. The van der Waals surface area contributed by atoms with E-state index >= 15 is 0 Å². The SMILES string of the molecule is COCCN(C1CC1)S(=O)(=O)C(C)C#N. The normalized spacial score (nSPS) is 18.8. The van der Waals surface area contributed by atoms with Crippen LogP contribution in [0.5, 0.6) is 0 Å². The molecule has 1 rings (SSSR count). The van der Waals surface area contributed by atoms with Gasteiger partial charge in [0.1, 0.15) is 0 Å². The fourth-order valence-corrected chi connectivity index (χ4v) is 2.83. The van der Waals surface area contributed by atoms with Gasteiger partial charge in [-0.2, -0.15) is 9.57 Å². The van der Waals surface area contributed by atoms with E-state index in [0.29, 0.717) is 13.2 Å². The smallest absolute Gasteiger partial charge is 0.230 e. The number of hydrogen-bond acceptors (Lipinski definition) is 4. The second-order valence-electron chi connectivity index (χ2n) is 3.65. The van der Waals surface area contributed by atoms with E-state index in [1.807, 2.05) is 0 Å². The van der Waals surface area contributed by atoms with Crippen molar-refractivity contribution >= 4 is 10.0 Å². The number of nitrogens with zero attached hydrogens (tertiary/aromatic N) is 2. The van der Waals surface area contributed by atoms with E-state index in [9.17, 15) is 8.42 Å². The lowest BCUT2D eigenvalue weighted by molar-refractivity contribution is 0.177. The highest BCUT2D eigenvalue weighted by atomic mass is 32.2. The van der Waals surface area contributed by atoms with E-state index in [2.05, 4.69) is 0 Å². The average molecular weight is 232 g/mol. The number of nitriles is 1. The van der Waals surface area contributed by atoms with Crippen molar-refractivity contribution in [2.24, 2.45) is 0 Å². The molecule has 0 saturated heterocycles. The molecule has 0 spiro atoms. The molecule has 0 aromatic carbocycles. The minimum absolute atomic E-state index is 0.0842. The van der Waals surface area contributed by atoms with E-state index in [4.69, 9.17) is 10.00 Å². The minimum Gasteiger partial charge on any atom is -0.383 e. The summed E-state index contributed by atoms with van der Waals surface area (Å²) in [5.41, 5.74) is 0. The standard InChI is InChI=1S/C9H16N2O3S/c1-8(7-10)15(12,13)11(5-6-14-2)9-3-4-9/h8-9H,3-6H2,1-2H3. The minimum atomic E-state index is -3.47. The number of sulfonamides is 1. The predicted octanol–water partition coefficient (Wildman–Crippen LogP) is 0.339. The van der Waals surface area contributed by atoms with Crippen LogP contribution in [-0.2, 0) is 14.8 Å². The summed E-state index contributed by atoms with van der Waals surface area (Å²) < 4.78 is 30.1. The van der Waals surface area contributed by atoms with Crippen molar-refractivity contribution in [3.05, 3.63) is 0 Å². The van der Waals surface area contributed by atoms with Crippen molar-refractivity contribution < 1.29 is 13.2 Å². The number of rotatable bonds is 6. The Kier molecular flexibility index (Phi) is 4.08. The molecular formula is C9H16N2O3S. The van der Waals surface area contributed by atoms with Gasteiger partial charge in [-0.3, -0.25) is 0 Å². The Labute approximate surface area is 90.7 Å². The Morgan fingerprint density at radius 1 is 1.60 bits per heavy atom. The maximum Gasteiger partial charge on any atom is 0.230 e. The topological polar surface area (TPSA) is 70.4 Å². The lowest BCUT2D eigenvalue weighted by Gasteiger charge is -2.22. The fourth-order valence-electron chi connectivity index (χ4n) is 1.33. The lowest BCUT2D eigenvalue weighted by atomic mass is 10.5. The van der Waals surface area contributed by atoms with E-state index in [1.165, 1.54) is 18.3 Å². The third-order valence-corrected chi connectivity index (χ3v) is 4.56. The molecule has 0 amide bonds. The van der Waals surface area contributed by atoms with Crippen molar-refractivity contribution in [2.75, 3.05) is 20.3 Å². The molecule has 0 heterocycles. The number of methoxy groups -OCH3 is 1. The zero-order chi connectivity index (χ0) is 11.5. The highest BCUT2D eigenvalue weighted by Crippen LogP contribution is 2.30. The van der Waals surface area contributed by atoms with Gasteiger partial charge in [-0.05, 0) is 19.8 Å². The van der Waals surface area contributed by atoms with Crippen molar-refractivity contribution in [1.29, 1.82) is 5.26 Å². The molecular weight excluding hydrogens is 216 g/mol. The summed E-state index contributed by atoms with van der Waals surface area (Å²) >= 11 is 0. The van der Waals surface area contributed by atoms with Crippen LogP contribution in [0.15, 0.2) is 0 Å². The Balaban J connectivity index is 2.75. The van der Waals surface area contributed by atoms with Gasteiger partial charge in [0.25, 0.3) is 0 Å². The maximum absolute atomic E-state index is 11.9. The molecule has 1 aliphatic carbocycles. The second-order valence-corrected chi connectivity index (χ2v) is 5.86. The summed E-state index contributed by atoms with van der Waals surface area (Å²) in [5, 5.41) is 7.68. The average Bonchev–Trinajstić information content (AvgIpc) is 3.01. The van der Waals surface area contributed by atoms with Gasteiger partial charge in [-0.15, -0.1) is 0 Å². The van der Waals surface area contributed by atoms with Crippen LogP contribution >= 0.6 is 0 Å². The Morgan fingerprint density at radius 2 is 2.20 bits per heavy atom. The van der Waals surface area contributed by atoms with Crippen molar-refractivity contribution in [3.63, 3.8) is 0 Å². The molecule has 0 bridgehead atoms. The van der Waals surface area contributed by atoms with Gasteiger partial charge in [-0.25, -0.2) is 8.42 Å². The van der Waals surface area contributed by atoms with E-state index < -0.39 is 15.3 Å². The van der Waals surface area contributed by atoms with E-state index in [-0.39, 0.29) is 6.04 Å². The third kappa shape index (κ3) is 2.91. The molecule has 1 atom stereocenters. The first kappa shape index (κ1) is 12.4. The monoisotopic (exact) mass is 232 g/mol. The van der Waals surface area contributed by atoms with Crippen molar-refractivity contribution in [3.8, 4) is 6.07 Å². The molecule has 1 aliphatic rings. The molecule has 1 fully saturated rings. The van der Waals surface area contributed by atoms with Gasteiger partial charge in [0.15, 0.2) is 5.25 Å². The van der Waals surface area contributed by atoms with Crippen LogP contribution < -0.4 is 0 Å². The first-order valence-electron chi connectivity index (χ1n) is 4.93. The van der Waals surface area contributed by atoms with Crippen LogP contribution in [0, 0.1) is 11.3 Å². The van der Waals surface area contributed by atoms with Gasteiger partial charge >= 0.3 is 0 Å². The molecule has 1 unspecified atom stereocenters. The summed E-state index contributed by atoms with van der Waals surface area (Å²) in [6, 6.07) is 1.86. The van der Waals surface area contributed by atoms with E-state index in [1.54, 1.807) is 6.07 Å². The van der Waals surface area contributed by atoms with Crippen molar-refractivity contribution in [1.82, 2.24) is 4.31 Å². The van der Waals surface area contributed by atoms with Gasteiger partial charge < -0.3 is 4.74 Å². The quantitative estimate of drug-likeness (QED) is 0.662. The van der Waals surface area contributed by atoms with E-state index in [0.717, 1.165) is 12.8 Å². The van der Waals surface area contributed by atoms with Crippen LogP contribution in [0.25, 0.3) is 0 Å². The lowest BCUT2D eigenvalue weighted by Crippen LogP contribution is -2.40. The first-order valence-corrected chi connectivity index (χ1v) is 6.43. The van der Waals surface area contributed by atoms with Crippen molar-refractivity contribution in [2.45, 2.75) is 31.1 Å². The summed E-state index contributed by atoms with van der Waals surface area (Å²) in [4.78, 5) is 0. The zero-order valence-corrected chi connectivity index (χ0v) is 9.83. The van der Waals surface area contributed by atoms with Gasteiger partial charge in [-0.1, -0.05) is 0 Å². The largest absolute Gasteiger partial charge is 0.383 e. The molecule has 0 aromatic rings. The summed E-state index contributed by atoms with van der Waals surface area (Å²) in [5.74, 6) is 0. The molecule has 15 heavy (non-hydrogen) atoms. The van der Waals surface area contributed by atoms with Gasteiger partial charge in [0.2, 0.25) is 10.0 Å². The molecule has 0 aliphatic heterocycles. The Morgan fingerprint density at radius 3 is 2.60 bits per heavy atom. The highest BCUT2D eigenvalue weighted by molar-refractivity contribution is 7.90. The summed E-state index contributed by atoms with van der Waals surface area (Å²) in [6.45, 7) is 2.13. The number of hydrogen-bond donors (Lipinski definition) is 0. The van der Waals surface area contributed by atoms with Gasteiger partial charge in [0.05, 0.1) is 12.7 Å². The molecule has 86 valence electrons. The zero-order valence-electron chi connectivity index (χ0n) is 9.01. The highest BCUT2D eigenvalue weighted by Gasteiger charge is 2.39. The van der Waals surface area contributed by atoms with Gasteiger partial charge in [0, 0.05) is 19.7 Å². The second kappa shape index (κ2) is 4.92. The molecule has 0 radical (unpaired) electrons. The molecule has 5 nitrogen and oxygen atoms in total.